The smallest absolute Gasteiger partial charge is 0.272 e. The van der Waals surface area contributed by atoms with Crippen LogP contribution in [0.25, 0.3) is 0 Å². The van der Waals surface area contributed by atoms with Gasteiger partial charge in [-0.2, -0.15) is 18.2 Å². The highest BCUT2D eigenvalue weighted by Gasteiger charge is 2.58. The maximum Gasteiger partial charge on any atom is 0.416 e. The van der Waals surface area contributed by atoms with Crippen LogP contribution in [0.4, 0.5) is 13.2 Å². The molecule has 0 spiro atoms. The average Bonchev–Trinajstić information content (AvgIpc) is 3.34. The summed E-state index contributed by atoms with van der Waals surface area (Å²) in [5.41, 5.74) is 1.36. The number of rotatable bonds is 3. The summed E-state index contributed by atoms with van der Waals surface area (Å²) in [7, 11) is 0. The van der Waals surface area contributed by atoms with Gasteiger partial charge in [-0.3, -0.25) is 19.8 Å². The SMILES string of the molecule is CC1C=CC([C@@H]2C[C@@H]2C)[C@H]2C(=O)N(NC(=O)c3ccc(C(F)(F)F)cc3)C(=O)[C@@H]12. The van der Waals surface area contributed by atoms with Crippen molar-refractivity contribution in [2.45, 2.75) is 26.4 Å². The number of nitrogens with one attached hydrogen (secondary N) is 1. The van der Waals surface area contributed by atoms with Crippen molar-refractivity contribution in [3.63, 3.8) is 0 Å². The van der Waals surface area contributed by atoms with Gasteiger partial charge in [-0.1, -0.05) is 26.0 Å². The minimum atomic E-state index is -4.51. The van der Waals surface area contributed by atoms with Crippen molar-refractivity contribution in [1.82, 2.24) is 10.4 Å². The first kappa shape index (κ1) is 19.7. The lowest BCUT2D eigenvalue weighted by molar-refractivity contribution is -0.143. The molecule has 1 aromatic carbocycles. The highest BCUT2D eigenvalue weighted by Crippen LogP contribution is 2.53. The first-order valence-electron chi connectivity index (χ1n) is 9.64. The second kappa shape index (κ2) is 6.71. The summed E-state index contributed by atoms with van der Waals surface area (Å²) in [6.45, 7) is 3.98. The van der Waals surface area contributed by atoms with Gasteiger partial charge in [0.15, 0.2) is 0 Å². The molecule has 1 aromatic rings. The minimum absolute atomic E-state index is 0.0318. The molecule has 1 saturated carbocycles. The molecule has 5 nitrogen and oxygen atoms in total. The van der Waals surface area contributed by atoms with Crippen LogP contribution in [0.3, 0.4) is 0 Å². The van der Waals surface area contributed by atoms with Crippen LogP contribution in [-0.4, -0.2) is 22.7 Å². The highest BCUT2D eigenvalue weighted by atomic mass is 19.4. The molecule has 4 rings (SSSR count). The van der Waals surface area contributed by atoms with Crippen molar-refractivity contribution in [2.24, 2.45) is 35.5 Å². The van der Waals surface area contributed by atoms with Crippen molar-refractivity contribution in [3.05, 3.63) is 47.5 Å². The molecule has 3 aliphatic rings. The van der Waals surface area contributed by atoms with Gasteiger partial charge < -0.3 is 0 Å². The summed E-state index contributed by atoms with van der Waals surface area (Å²) in [4.78, 5) is 38.4. The van der Waals surface area contributed by atoms with E-state index in [0.717, 1.165) is 35.7 Å². The molecule has 1 heterocycles. The van der Waals surface area contributed by atoms with Crippen LogP contribution in [0.1, 0.15) is 36.2 Å². The molecule has 1 saturated heterocycles. The number of benzene rings is 1. The molecule has 1 N–H and O–H groups in total. The van der Waals surface area contributed by atoms with E-state index < -0.39 is 41.3 Å². The van der Waals surface area contributed by atoms with Gasteiger partial charge in [-0.05, 0) is 54.4 Å². The number of halogens is 3. The van der Waals surface area contributed by atoms with E-state index in [1.54, 1.807) is 0 Å². The van der Waals surface area contributed by atoms with Crippen molar-refractivity contribution in [1.29, 1.82) is 0 Å². The standard InChI is InChI=1S/C21H21F3N2O3/c1-10-3-8-14(15-9-11(15)2)17-16(10)19(28)26(20(17)29)25-18(27)12-4-6-13(7-5-12)21(22,23)24/h3-8,10-11,14-17H,9H2,1-2H3,(H,25,27)/t10?,11-,14?,15+,16-,17+/m0/s1. The summed E-state index contributed by atoms with van der Waals surface area (Å²) in [5, 5.41) is 0.763. The third kappa shape index (κ3) is 3.34. The zero-order valence-corrected chi connectivity index (χ0v) is 15.9. The van der Waals surface area contributed by atoms with E-state index in [0.29, 0.717) is 11.8 Å². The molecule has 1 aliphatic heterocycles. The largest absolute Gasteiger partial charge is 0.416 e. The third-order valence-electron chi connectivity index (χ3n) is 6.37. The van der Waals surface area contributed by atoms with Crippen LogP contribution < -0.4 is 5.43 Å². The quantitative estimate of drug-likeness (QED) is 0.618. The Hall–Kier alpha value is -2.64. The van der Waals surface area contributed by atoms with E-state index in [1.165, 1.54) is 0 Å². The Bertz CT molecular complexity index is 893. The summed E-state index contributed by atoms with van der Waals surface area (Å²) >= 11 is 0. The molecule has 29 heavy (non-hydrogen) atoms. The maximum absolute atomic E-state index is 13.0. The number of carbonyl (C=O) groups is 3. The number of alkyl halides is 3. The van der Waals surface area contributed by atoms with Crippen LogP contribution in [0.2, 0.25) is 0 Å². The van der Waals surface area contributed by atoms with Crippen molar-refractivity contribution in [3.8, 4) is 0 Å². The number of hydrazine groups is 1. The molecule has 2 unspecified atom stereocenters. The Balaban J connectivity index is 1.53. The summed E-state index contributed by atoms with van der Waals surface area (Å²) in [5.74, 6) is -2.05. The van der Waals surface area contributed by atoms with E-state index in [1.807, 2.05) is 19.1 Å². The fourth-order valence-corrected chi connectivity index (χ4v) is 4.60. The van der Waals surface area contributed by atoms with E-state index in [4.69, 9.17) is 0 Å². The normalized spacial score (nSPS) is 33.6. The number of fused-ring (bicyclic) bond motifs is 1. The first-order chi connectivity index (χ1) is 13.6. The number of imide groups is 1. The molecule has 2 fully saturated rings. The Labute approximate surface area is 165 Å². The molecule has 3 amide bonds. The van der Waals surface area contributed by atoms with Gasteiger partial charge in [-0.15, -0.1) is 0 Å². The Morgan fingerprint density at radius 3 is 2.17 bits per heavy atom. The predicted octanol–water partition coefficient (Wildman–Crippen LogP) is 3.43. The Morgan fingerprint density at radius 1 is 1.03 bits per heavy atom. The molecule has 2 aliphatic carbocycles. The van der Waals surface area contributed by atoms with Gasteiger partial charge >= 0.3 is 6.18 Å². The molecule has 6 atom stereocenters. The summed E-state index contributed by atoms with van der Waals surface area (Å²) in [6, 6.07) is 3.63. The summed E-state index contributed by atoms with van der Waals surface area (Å²) < 4.78 is 38.1. The van der Waals surface area contributed by atoms with E-state index in [2.05, 4.69) is 12.3 Å². The van der Waals surface area contributed by atoms with Crippen LogP contribution in [0.5, 0.6) is 0 Å². The Kier molecular flexibility index (Phi) is 4.55. The topological polar surface area (TPSA) is 66.5 Å². The Morgan fingerprint density at radius 2 is 1.62 bits per heavy atom. The number of hydrogen-bond acceptors (Lipinski definition) is 3. The highest BCUT2D eigenvalue weighted by molar-refractivity contribution is 6.08. The predicted molar refractivity (Wildman–Crippen MR) is 96.8 cm³/mol. The third-order valence-corrected chi connectivity index (χ3v) is 6.37. The average molecular weight is 406 g/mol. The lowest BCUT2D eigenvalue weighted by Gasteiger charge is -2.30. The van der Waals surface area contributed by atoms with Crippen molar-refractivity contribution < 1.29 is 27.6 Å². The fraction of sp³-hybridized carbons (Fsp3) is 0.476. The second-order valence-corrected chi connectivity index (χ2v) is 8.28. The van der Waals surface area contributed by atoms with Gasteiger partial charge in [0.2, 0.25) is 0 Å². The minimum Gasteiger partial charge on any atom is -0.272 e. The van der Waals surface area contributed by atoms with Gasteiger partial charge in [0.05, 0.1) is 17.4 Å². The number of amides is 3. The van der Waals surface area contributed by atoms with Gasteiger partial charge in [0, 0.05) is 5.56 Å². The van der Waals surface area contributed by atoms with E-state index in [-0.39, 0.29) is 17.4 Å². The fourth-order valence-electron chi connectivity index (χ4n) is 4.60. The van der Waals surface area contributed by atoms with Crippen molar-refractivity contribution in [2.75, 3.05) is 0 Å². The van der Waals surface area contributed by atoms with Gasteiger partial charge in [0.1, 0.15) is 0 Å². The molecule has 0 radical (unpaired) electrons. The second-order valence-electron chi connectivity index (χ2n) is 8.28. The van der Waals surface area contributed by atoms with Crippen LogP contribution in [-0.2, 0) is 15.8 Å². The lowest BCUT2D eigenvalue weighted by Crippen LogP contribution is -2.47. The number of nitrogens with zero attached hydrogens (tertiary/aromatic N) is 1. The number of allylic oxidation sites excluding steroid dienone is 2. The monoisotopic (exact) mass is 406 g/mol. The summed E-state index contributed by atoms with van der Waals surface area (Å²) in [6.07, 6.45) is 0.477. The van der Waals surface area contributed by atoms with E-state index in [9.17, 15) is 27.6 Å². The van der Waals surface area contributed by atoms with Crippen molar-refractivity contribution >= 4 is 17.7 Å². The van der Waals surface area contributed by atoms with Gasteiger partial charge in [-0.25, -0.2) is 0 Å². The molecular weight excluding hydrogens is 385 g/mol. The molecular formula is C21H21F3N2O3. The number of carbonyl (C=O) groups excluding carboxylic acids is 3. The molecule has 154 valence electrons. The van der Waals surface area contributed by atoms with Crippen LogP contribution in [0.15, 0.2) is 36.4 Å². The maximum atomic E-state index is 13.0. The number of hydrogen-bond donors (Lipinski definition) is 1. The van der Waals surface area contributed by atoms with Gasteiger partial charge in [0.25, 0.3) is 17.7 Å². The van der Waals surface area contributed by atoms with Crippen LogP contribution in [0, 0.1) is 35.5 Å². The van der Waals surface area contributed by atoms with E-state index >= 15 is 0 Å². The molecule has 8 heteroatoms. The first-order valence-corrected chi connectivity index (χ1v) is 9.64. The lowest BCUT2D eigenvalue weighted by atomic mass is 9.70. The molecule has 0 bridgehead atoms. The molecule has 0 aromatic heterocycles. The van der Waals surface area contributed by atoms with Crippen LogP contribution >= 0.6 is 0 Å². The zero-order chi connectivity index (χ0) is 21.1. The zero-order valence-electron chi connectivity index (χ0n) is 15.9.